The molecule has 0 bridgehead atoms. The van der Waals surface area contributed by atoms with Crippen molar-refractivity contribution < 1.29 is 14.9 Å². The molecule has 0 spiro atoms. The summed E-state index contributed by atoms with van der Waals surface area (Å²) in [7, 11) is 1.63. The Morgan fingerprint density at radius 3 is 2.82 bits per heavy atom. The van der Waals surface area contributed by atoms with Crippen molar-refractivity contribution in [3.8, 4) is 5.75 Å². The van der Waals surface area contributed by atoms with E-state index in [0.717, 1.165) is 43.9 Å². The molecule has 0 saturated carbocycles. The molecule has 2 saturated heterocycles. The van der Waals surface area contributed by atoms with E-state index in [4.69, 9.17) is 4.74 Å². The molecule has 22 heavy (non-hydrogen) atoms. The van der Waals surface area contributed by atoms with Crippen LogP contribution in [0.15, 0.2) is 18.2 Å². The number of hydrogen-bond donors (Lipinski definition) is 2. The lowest BCUT2D eigenvalue weighted by molar-refractivity contribution is 0.0528. The van der Waals surface area contributed by atoms with Crippen molar-refractivity contribution in [1.82, 2.24) is 9.80 Å². The Labute approximate surface area is 132 Å². The number of hydrogen-bond acceptors (Lipinski definition) is 5. The van der Waals surface area contributed by atoms with Crippen LogP contribution in [-0.4, -0.2) is 64.9 Å². The van der Waals surface area contributed by atoms with Gasteiger partial charge >= 0.3 is 0 Å². The first-order valence-corrected chi connectivity index (χ1v) is 8.03. The molecule has 0 aromatic heterocycles. The molecule has 1 aromatic carbocycles. The maximum absolute atomic E-state index is 9.85. The van der Waals surface area contributed by atoms with E-state index < -0.39 is 0 Å². The fourth-order valence-corrected chi connectivity index (χ4v) is 3.79. The molecule has 2 N–H and O–H groups in total. The highest BCUT2D eigenvalue weighted by molar-refractivity contribution is 5.36. The molecule has 2 heterocycles. The van der Waals surface area contributed by atoms with Crippen LogP contribution in [0.3, 0.4) is 0 Å². The van der Waals surface area contributed by atoms with Crippen LogP contribution in [0.1, 0.15) is 24.5 Å². The normalized spacial score (nSPS) is 29.5. The maximum Gasteiger partial charge on any atom is 0.124 e. The number of ether oxygens (including phenoxy) is 1. The number of piperazine rings is 1. The van der Waals surface area contributed by atoms with Crippen molar-refractivity contribution in [2.24, 2.45) is 0 Å². The Hall–Kier alpha value is -1.14. The molecule has 0 radical (unpaired) electrons. The monoisotopic (exact) mass is 306 g/mol. The second kappa shape index (κ2) is 6.54. The maximum atomic E-state index is 9.85. The van der Waals surface area contributed by atoms with Gasteiger partial charge in [0.2, 0.25) is 0 Å². The number of rotatable bonds is 4. The van der Waals surface area contributed by atoms with Gasteiger partial charge in [0.05, 0.1) is 19.8 Å². The van der Waals surface area contributed by atoms with Crippen LogP contribution >= 0.6 is 0 Å². The second-order valence-corrected chi connectivity index (χ2v) is 6.58. The van der Waals surface area contributed by atoms with Crippen molar-refractivity contribution in [1.29, 1.82) is 0 Å². The minimum atomic E-state index is -0.167. The molecule has 5 nitrogen and oxygen atoms in total. The number of benzene rings is 1. The van der Waals surface area contributed by atoms with E-state index in [-0.39, 0.29) is 12.7 Å². The van der Waals surface area contributed by atoms with Gasteiger partial charge in [-0.1, -0.05) is 6.07 Å². The average Bonchev–Trinajstić information content (AvgIpc) is 2.86. The highest BCUT2D eigenvalue weighted by atomic mass is 16.5. The zero-order chi connectivity index (χ0) is 15.7. The summed E-state index contributed by atoms with van der Waals surface area (Å²) >= 11 is 0. The fraction of sp³-hybridized carbons (Fsp3) is 0.647. The summed E-state index contributed by atoms with van der Waals surface area (Å²) in [6, 6.07) is 6.98. The first-order valence-electron chi connectivity index (χ1n) is 8.03. The third-order valence-corrected chi connectivity index (χ3v) is 4.97. The molecule has 3 rings (SSSR count). The van der Waals surface area contributed by atoms with Crippen molar-refractivity contribution in [2.45, 2.75) is 44.7 Å². The van der Waals surface area contributed by atoms with Crippen molar-refractivity contribution in [3.63, 3.8) is 0 Å². The minimum absolute atomic E-state index is 0.00480. The van der Waals surface area contributed by atoms with Crippen LogP contribution in [0.2, 0.25) is 0 Å². The largest absolute Gasteiger partial charge is 0.496 e. The van der Waals surface area contributed by atoms with E-state index in [1.54, 1.807) is 7.11 Å². The van der Waals surface area contributed by atoms with Gasteiger partial charge in [-0.3, -0.25) is 9.80 Å². The van der Waals surface area contributed by atoms with Crippen LogP contribution in [0, 0.1) is 0 Å². The van der Waals surface area contributed by atoms with Crippen molar-refractivity contribution >= 4 is 0 Å². The molecular weight excluding hydrogens is 280 g/mol. The first kappa shape index (κ1) is 15.7. The Kier molecular flexibility index (Phi) is 4.68. The number of methoxy groups -OCH3 is 1. The number of fused-ring (bicyclic) bond motifs is 1. The van der Waals surface area contributed by atoms with E-state index in [9.17, 15) is 10.2 Å². The summed E-state index contributed by atoms with van der Waals surface area (Å²) in [6.45, 7) is 5.95. The second-order valence-electron chi connectivity index (χ2n) is 6.58. The molecule has 3 atom stereocenters. The molecule has 2 aliphatic heterocycles. The van der Waals surface area contributed by atoms with E-state index in [1.807, 2.05) is 12.1 Å². The summed E-state index contributed by atoms with van der Waals surface area (Å²) in [5.41, 5.74) is 2.03. The molecule has 1 unspecified atom stereocenters. The molecule has 2 aliphatic rings. The van der Waals surface area contributed by atoms with E-state index in [1.165, 1.54) is 5.56 Å². The third-order valence-electron chi connectivity index (χ3n) is 4.97. The van der Waals surface area contributed by atoms with Gasteiger partial charge in [0.15, 0.2) is 0 Å². The van der Waals surface area contributed by atoms with E-state index in [2.05, 4.69) is 22.8 Å². The van der Waals surface area contributed by atoms with E-state index in [0.29, 0.717) is 12.1 Å². The fourth-order valence-electron chi connectivity index (χ4n) is 3.79. The topological polar surface area (TPSA) is 56.2 Å². The van der Waals surface area contributed by atoms with E-state index >= 15 is 0 Å². The lowest BCUT2D eigenvalue weighted by atomic mass is 10.0. The van der Waals surface area contributed by atoms with Crippen LogP contribution in [0.4, 0.5) is 0 Å². The smallest absolute Gasteiger partial charge is 0.124 e. The Balaban J connectivity index is 1.70. The molecular formula is C17H26N2O3. The quantitative estimate of drug-likeness (QED) is 0.863. The first-order chi connectivity index (χ1) is 10.6. The number of aliphatic hydroxyl groups is 2. The molecule has 0 aliphatic carbocycles. The van der Waals surface area contributed by atoms with Gasteiger partial charge < -0.3 is 14.9 Å². The summed E-state index contributed by atoms with van der Waals surface area (Å²) in [4.78, 5) is 4.89. The van der Waals surface area contributed by atoms with Gasteiger partial charge in [-0.15, -0.1) is 0 Å². The summed E-state index contributed by atoms with van der Waals surface area (Å²) in [5.74, 6) is 0.739. The summed E-state index contributed by atoms with van der Waals surface area (Å²) < 4.78 is 5.26. The predicted octanol–water partition coefficient (Wildman–Crippen LogP) is 0.827. The van der Waals surface area contributed by atoms with Crippen LogP contribution in [0.5, 0.6) is 5.75 Å². The third kappa shape index (κ3) is 3.13. The van der Waals surface area contributed by atoms with Gasteiger partial charge in [0.1, 0.15) is 5.75 Å². The summed E-state index contributed by atoms with van der Waals surface area (Å²) in [6.07, 6.45) is 0.715. The molecule has 5 heteroatoms. The van der Waals surface area contributed by atoms with Crippen molar-refractivity contribution in [3.05, 3.63) is 29.3 Å². The Morgan fingerprint density at radius 1 is 1.27 bits per heavy atom. The zero-order valence-corrected chi connectivity index (χ0v) is 13.4. The number of nitrogens with zero attached hydrogens (tertiary/aromatic N) is 2. The van der Waals surface area contributed by atoms with Gasteiger partial charge in [-0.2, -0.15) is 0 Å². The average molecular weight is 306 g/mol. The van der Waals surface area contributed by atoms with Crippen molar-refractivity contribution in [2.75, 3.05) is 26.7 Å². The highest BCUT2D eigenvalue weighted by Gasteiger charge is 2.37. The zero-order valence-electron chi connectivity index (χ0n) is 13.4. The highest BCUT2D eigenvalue weighted by Crippen LogP contribution is 2.27. The minimum Gasteiger partial charge on any atom is -0.496 e. The molecule has 1 aromatic rings. The molecule has 2 fully saturated rings. The lowest BCUT2D eigenvalue weighted by Gasteiger charge is -2.42. The standard InChI is InChI=1S/C17H26N2O3/c1-12-7-19-10-16(21)6-15(19)9-18(12)8-13-3-4-17(22-2)14(5-13)11-20/h3-5,12,15-16,20-21H,6-11H2,1-2H3/t12-,15?,16-/m1/s1. The predicted molar refractivity (Wildman–Crippen MR) is 84.8 cm³/mol. The van der Waals surface area contributed by atoms with Gasteiger partial charge in [0.25, 0.3) is 0 Å². The lowest BCUT2D eigenvalue weighted by Crippen LogP contribution is -2.54. The molecule has 122 valence electrons. The van der Waals surface area contributed by atoms with Gasteiger partial charge in [0, 0.05) is 43.8 Å². The van der Waals surface area contributed by atoms with Gasteiger partial charge in [-0.25, -0.2) is 0 Å². The molecule has 0 amide bonds. The van der Waals surface area contributed by atoms with Crippen LogP contribution in [-0.2, 0) is 13.2 Å². The summed E-state index contributed by atoms with van der Waals surface area (Å²) in [5, 5.41) is 19.3. The Morgan fingerprint density at radius 2 is 2.09 bits per heavy atom. The number of aliphatic hydroxyl groups excluding tert-OH is 2. The van der Waals surface area contributed by atoms with Gasteiger partial charge in [-0.05, 0) is 31.0 Å². The SMILES string of the molecule is COc1ccc(CN2CC3C[C@@H](O)CN3C[C@H]2C)cc1CO. The Bertz CT molecular complexity index is 523. The van der Waals surface area contributed by atoms with Crippen LogP contribution < -0.4 is 4.74 Å². The van der Waals surface area contributed by atoms with Crippen LogP contribution in [0.25, 0.3) is 0 Å².